The van der Waals surface area contributed by atoms with E-state index >= 15 is 0 Å². The number of phenols is 1. The van der Waals surface area contributed by atoms with Crippen LogP contribution in [0.1, 0.15) is 23.6 Å². The Bertz CT molecular complexity index is 914. The molecular weight excluding hydrogens is 318 g/mol. The van der Waals surface area contributed by atoms with Gasteiger partial charge in [-0.1, -0.05) is 12.1 Å². The van der Waals surface area contributed by atoms with Gasteiger partial charge in [-0.2, -0.15) is 0 Å². The molecule has 2 heterocycles. The van der Waals surface area contributed by atoms with Gasteiger partial charge in [0.1, 0.15) is 23.6 Å². The van der Waals surface area contributed by atoms with Crippen molar-refractivity contribution in [2.75, 3.05) is 12.4 Å². The lowest BCUT2D eigenvalue weighted by molar-refractivity contribution is -0.116. The first-order valence-electron chi connectivity index (χ1n) is 7.96. The SMILES string of the molecule is COc1ccc(-n2cnc3c2NC(=O)CC3c2ccc(O)cc2)cc1. The van der Waals surface area contributed by atoms with Gasteiger partial charge in [-0.15, -0.1) is 0 Å². The molecule has 0 radical (unpaired) electrons. The Labute approximate surface area is 144 Å². The maximum atomic E-state index is 12.2. The number of nitrogens with zero attached hydrogens (tertiary/aromatic N) is 2. The van der Waals surface area contributed by atoms with Gasteiger partial charge in [-0.3, -0.25) is 9.36 Å². The van der Waals surface area contributed by atoms with Crippen LogP contribution in [0.3, 0.4) is 0 Å². The number of carbonyl (C=O) groups is 1. The number of ether oxygens (including phenoxy) is 1. The quantitative estimate of drug-likeness (QED) is 0.771. The van der Waals surface area contributed by atoms with E-state index in [1.54, 1.807) is 25.6 Å². The standard InChI is InChI=1S/C19H17N3O3/c1-25-15-8-4-13(5-9-15)22-11-20-18-16(10-17(24)21-19(18)22)12-2-6-14(23)7-3-12/h2-9,11,16,23H,10H2,1H3,(H,21,24). The molecule has 0 spiro atoms. The molecule has 1 atom stereocenters. The molecule has 1 aliphatic rings. The number of imidazole rings is 1. The zero-order valence-electron chi connectivity index (χ0n) is 13.6. The molecule has 1 aromatic heterocycles. The van der Waals surface area contributed by atoms with Gasteiger partial charge >= 0.3 is 0 Å². The molecule has 126 valence electrons. The summed E-state index contributed by atoms with van der Waals surface area (Å²) >= 11 is 0. The van der Waals surface area contributed by atoms with Crippen molar-refractivity contribution < 1.29 is 14.6 Å². The number of amides is 1. The highest BCUT2D eigenvalue weighted by molar-refractivity contribution is 5.94. The second kappa shape index (κ2) is 5.98. The average molecular weight is 335 g/mol. The maximum absolute atomic E-state index is 12.2. The molecule has 25 heavy (non-hydrogen) atoms. The van der Waals surface area contributed by atoms with Gasteiger partial charge < -0.3 is 15.2 Å². The number of aromatic nitrogens is 2. The van der Waals surface area contributed by atoms with Crippen molar-refractivity contribution in [3.05, 3.63) is 66.1 Å². The number of carbonyl (C=O) groups excluding carboxylic acids is 1. The zero-order valence-corrected chi connectivity index (χ0v) is 13.6. The molecule has 0 saturated heterocycles. The summed E-state index contributed by atoms with van der Waals surface area (Å²) in [5.74, 6) is 1.46. The van der Waals surface area contributed by atoms with Gasteiger partial charge in [0, 0.05) is 18.0 Å². The van der Waals surface area contributed by atoms with E-state index in [-0.39, 0.29) is 17.6 Å². The van der Waals surface area contributed by atoms with E-state index in [0.717, 1.165) is 22.7 Å². The molecular formula is C19H17N3O3. The normalized spacial score (nSPS) is 16.2. The summed E-state index contributed by atoms with van der Waals surface area (Å²) in [6.45, 7) is 0. The summed E-state index contributed by atoms with van der Waals surface area (Å²) < 4.78 is 7.05. The number of aromatic hydroxyl groups is 1. The van der Waals surface area contributed by atoms with Crippen LogP contribution < -0.4 is 10.1 Å². The summed E-state index contributed by atoms with van der Waals surface area (Å²) in [5, 5.41) is 12.4. The third-order valence-electron chi connectivity index (χ3n) is 4.42. The van der Waals surface area contributed by atoms with Gasteiger partial charge in [-0.25, -0.2) is 4.98 Å². The number of fused-ring (bicyclic) bond motifs is 1. The van der Waals surface area contributed by atoms with Crippen molar-refractivity contribution in [2.45, 2.75) is 12.3 Å². The smallest absolute Gasteiger partial charge is 0.226 e. The van der Waals surface area contributed by atoms with Crippen LogP contribution in [-0.2, 0) is 4.79 Å². The predicted molar refractivity (Wildman–Crippen MR) is 93.3 cm³/mol. The Hall–Kier alpha value is -3.28. The Morgan fingerprint density at radius 1 is 1.16 bits per heavy atom. The van der Waals surface area contributed by atoms with E-state index in [0.29, 0.717) is 12.2 Å². The Morgan fingerprint density at radius 3 is 2.56 bits per heavy atom. The summed E-state index contributed by atoms with van der Waals surface area (Å²) in [7, 11) is 1.62. The average Bonchev–Trinajstić information content (AvgIpc) is 3.05. The minimum absolute atomic E-state index is 0.0548. The lowest BCUT2D eigenvalue weighted by Gasteiger charge is -2.23. The van der Waals surface area contributed by atoms with Crippen LogP contribution in [0.15, 0.2) is 54.9 Å². The van der Waals surface area contributed by atoms with Crippen molar-refractivity contribution in [3.63, 3.8) is 0 Å². The largest absolute Gasteiger partial charge is 0.508 e. The second-order valence-corrected chi connectivity index (χ2v) is 5.94. The molecule has 2 aromatic carbocycles. The fourth-order valence-electron chi connectivity index (χ4n) is 3.13. The molecule has 3 aromatic rings. The lowest BCUT2D eigenvalue weighted by atomic mass is 9.90. The van der Waals surface area contributed by atoms with E-state index in [2.05, 4.69) is 10.3 Å². The maximum Gasteiger partial charge on any atom is 0.226 e. The third kappa shape index (κ3) is 2.71. The monoisotopic (exact) mass is 335 g/mol. The van der Waals surface area contributed by atoms with Gasteiger partial charge in [0.15, 0.2) is 0 Å². The van der Waals surface area contributed by atoms with Crippen LogP contribution >= 0.6 is 0 Å². The van der Waals surface area contributed by atoms with Crippen molar-refractivity contribution in [3.8, 4) is 17.2 Å². The fourth-order valence-corrected chi connectivity index (χ4v) is 3.13. The first kappa shape index (κ1) is 15.3. The Kier molecular flexibility index (Phi) is 3.65. The summed E-state index contributed by atoms with van der Waals surface area (Å²) in [6, 6.07) is 14.5. The van der Waals surface area contributed by atoms with Gasteiger partial charge in [0.2, 0.25) is 5.91 Å². The van der Waals surface area contributed by atoms with Gasteiger partial charge in [-0.05, 0) is 42.0 Å². The van der Waals surface area contributed by atoms with E-state index in [9.17, 15) is 9.90 Å². The van der Waals surface area contributed by atoms with Crippen LogP contribution in [0, 0.1) is 0 Å². The fraction of sp³-hybridized carbons (Fsp3) is 0.158. The van der Waals surface area contributed by atoms with E-state index in [1.807, 2.05) is 41.0 Å². The number of hydrogen-bond donors (Lipinski definition) is 2. The summed E-state index contributed by atoms with van der Waals surface area (Å²) in [6.07, 6.45) is 2.04. The third-order valence-corrected chi connectivity index (χ3v) is 4.42. The number of hydrogen-bond acceptors (Lipinski definition) is 4. The van der Waals surface area contributed by atoms with Crippen LogP contribution in [0.2, 0.25) is 0 Å². The highest BCUT2D eigenvalue weighted by atomic mass is 16.5. The van der Waals surface area contributed by atoms with Crippen molar-refractivity contribution in [1.82, 2.24) is 9.55 Å². The highest BCUT2D eigenvalue weighted by Crippen LogP contribution is 2.37. The van der Waals surface area contributed by atoms with Crippen LogP contribution in [0.5, 0.6) is 11.5 Å². The van der Waals surface area contributed by atoms with Crippen LogP contribution in [-0.4, -0.2) is 27.7 Å². The predicted octanol–water partition coefficient (Wildman–Crippen LogP) is 3.06. The molecule has 2 N–H and O–H groups in total. The molecule has 0 saturated carbocycles. The molecule has 6 nitrogen and oxygen atoms in total. The molecule has 0 bridgehead atoms. The van der Waals surface area contributed by atoms with Gasteiger partial charge in [0.05, 0.1) is 12.8 Å². The summed E-state index contributed by atoms with van der Waals surface area (Å²) in [5.41, 5.74) is 2.66. The first-order valence-corrected chi connectivity index (χ1v) is 7.96. The zero-order chi connectivity index (χ0) is 17.4. The number of nitrogens with one attached hydrogen (secondary N) is 1. The van der Waals surface area contributed by atoms with E-state index in [4.69, 9.17) is 4.74 Å². The number of phenolic OH excluding ortho intramolecular Hbond substituents is 1. The minimum atomic E-state index is -0.135. The van der Waals surface area contributed by atoms with Gasteiger partial charge in [0.25, 0.3) is 0 Å². The molecule has 4 rings (SSSR count). The molecule has 1 amide bonds. The second-order valence-electron chi connectivity index (χ2n) is 5.94. The number of rotatable bonds is 3. The molecule has 6 heteroatoms. The van der Waals surface area contributed by atoms with E-state index < -0.39 is 0 Å². The van der Waals surface area contributed by atoms with Crippen LogP contribution in [0.25, 0.3) is 5.69 Å². The number of benzene rings is 2. The molecule has 0 fully saturated rings. The number of anilines is 1. The first-order chi connectivity index (χ1) is 12.2. The molecule has 1 aliphatic heterocycles. The van der Waals surface area contributed by atoms with Crippen molar-refractivity contribution in [1.29, 1.82) is 0 Å². The molecule has 1 unspecified atom stereocenters. The van der Waals surface area contributed by atoms with Crippen molar-refractivity contribution in [2.24, 2.45) is 0 Å². The van der Waals surface area contributed by atoms with Crippen molar-refractivity contribution >= 4 is 11.7 Å². The Balaban J connectivity index is 1.76. The number of methoxy groups -OCH3 is 1. The Morgan fingerprint density at radius 2 is 1.88 bits per heavy atom. The molecule has 0 aliphatic carbocycles. The summed E-state index contributed by atoms with van der Waals surface area (Å²) in [4.78, 5) is 16.8. The van der Waals surface area contributed by atoms with E-state index in [1.165, 1.54) is 0 Å². The lowest BCUT2D eigenvalue weighted by Crippen LogP contribution is -2.24. The van der Waals surface area contributed by atoms with Crippen LogP contribution in [0.4, 0.5) is 5.82 Å². The topological polar surface area (TPSA) is 76.4 Å². The minimum Gasteiger partial charge on any atom is -0.508 e. The highest BCUT2D eigenvalue weighted by Gasteiger charge is 2.30.